The van der Waals surface area contributed by atoms with Gasteiger partial charge in [0.25, 0.3) is 0 Å². The Balaban J connectivity index is 2.80. The normalized spacial score (nSPS) is 11.2. The Morgan fingerprint density at radius 3 is 2.62 bits per heavy atom. The molecule has 0 radical (unpaired) electrons. The van der Waals surface area contributed by atoms with E-state index in [0.29, 0.717) is 12.2 Å². The first-order chi connectivity index (χ1) is 7.33. The van der Waals surface area contributed by atoms with Gasteiger partial charge in [-0.3, -0.25) is 4.79 Å². The topological polar surface area (TPSA) is 66.6 Å². The van der Waals surface area contributed by atoms with Crippen LogP contribution in [0.25, 0.3) is 0 Å². The van der Waals surface area contributed by atoms with Crippen molar-refractivity contribution in [2.45, 2.75) is 13.8 Å². The van der Waals surface area contributed by atoms with E-state index in [1.807, 2.05) is 30.1 Å². The molecule has 0 aliphatic rings. The van der Waals surface area contributed by atoms with Crippen molar-refractivity contribution >= 4 is 17.3 Å². The van der Waals surface area contributed by atoms with Gasteiger partial charge in [-0.2, -0.15) is 0 Å². The number of rotatable bonds is 4. The lowest BCUT2D eigenvalue weighted by Gasteiger charge is -2.28. The van der Waals surface area contributed by atoms with Gasteiger partial charge in [0.15, 0.2) is 0 Å². The second kappa shape index (κ2) is 4.43. The highest BCUT2D eigenvalue weighted by Crippen LogP contribution is 2.22. The molecule has 0 saturated heterocycles. The van der Waals surface area contributed by atoms with Crippen LogP contribution >= 0.6 is 0 Å². The maximum Gasteiger partial charge on any atom is 0.310 e. The molecule has 0 aliphatic carbocycles. The summed E-state index contributed by atoms with van der Waals surface area (Å²) >= 11 is 0. The number of nitrogens with zero attached hydrogens (tertiary/aromatic N) is 1. The highest BCUT2D eigenvalue weighted by molar-refractivity contribution is 5.74. The van der Waals surface area contributed by atoms with Crippen LogP contribution in [0.4, 0.5) is 11.4 Å². The van der Waals surface area contributed by atoms with Gasteiger partial charge in [0.05, 0.1) is 5.41 Å². The van der Waals surface area contributed by atoms with E-state index in [-0.39, 0.29) is 0 Å². The molecule has 1 rings (SSSR count). The number of anilines is 2. The van der Waals surface area contributed by atoms with Crippen molar-refractivity contribution in [1.82, 2.24) is 0 Å². The van der Waals surface area contributed by atoms with E-state index in [9.17, 15) is 4.79 Å². The number of benzene rings is 1. The van der Waals surface area contributed by atoms with Crippen LogP contribution in [-0.4, -0.2) is 24.7 Å². The van der Waals surface area contributed by atoms with E-state index in [0.717, 1.165) is 5.69 Å². The molecule has 0 heterocycles. The minimum Gasteiger partial charge on any atom is -0.481 e. The van der Waals surface area contributed by atoms with Gasteiger partial charge in [-0.15, -0.1) is 0 Å². The molecule has 0 saturated carbocycles. The first kappa shape index (κ1) is 12.4. The van der Waals surface area contributed by atoms with Crippen molar-refractivity contribution in [3.8, 4) is 0 Å². The minimum atomic E-state index is -0.803. The molecule has 0 unspecified atom stereocenters. The maximum atomic E-state index is 11.0. The van der Waals surface area contributed by atoms with Crippen LogP contribution in [0.3, 0.4) is 0 Å². The average molecular weight is 222 g/mol. The van der Waals surface area contributed by atoms with Gasteiger partial charge in [0.2, 0.25) is 0 Å². The van der Waals surface area contributed by atoms with Crippen LogP contribution in [-0.2, 0) is 4.79 Å². The number of hydrogen-bond acceptors (Lipinski definition) is 3. The van der Waals surface area contributed by atoms with Gasteiger partial charge in [-0.05, 0) is 32.0 Å². The number of aliphatic carboxylic acids is 1. The Hall–Kier alpha value is -1.71. The Labute approximate surface area is 95.7 Å². The third-order valence-corrected chi connectivity index (χ3v) is 2.52. The molecular weight excluding hydrogens is 204 g/mol. The molecule has 1 aromatic rings. The third-order valence-electron chi connectivity index (χ3n) is 2.52. The zero-order valence-electron chi connectivity index (χ0n) is 9.90. The maximum absolute atomic E-state index is 11.0. The van der Waals surface area contributed by atoms with E-state index >= 15 is 0 Å². The molecule has 0 aromatic heterocycles. The fourth-order valence-corrected chi connectivity index (χ4v) is 1.51. The largest absolute Gasteiger partial charge is 0.481 e. The van der Waals surface area contributed by atoms with Crippen LogP contribution in [0, 0.1) is 5.41 Å². The van der Waals surface area contributed by atoms with E-state index < -0.39 is 11.4 Å². The Morgan fingerprint density at radius 2 is 2.12 bits per heavy atom. The number of carboxylic acid groups (broad SMARTS) is 1. The number of carboxylic acids is 1. The van der Waals surface area contributed by atoms with Crippen molar-refractivity contribution in [3.63, 3.8) is 0 Å². The van der Waals surface area contributed by atoms with Crippen LogP contribution < -0.4 is 10.6 Å². The van der Waals surface area contributed by atoms with Crippen LogP contribution in [0.15, 0.2) is 24.3 Å². The fourth-order valence-electron chi connectivity index (χ4n) is 1.51. The molecule has 0 fully saturated rings. The molecule has 1 aromatic carbocycles. The fraction of sp³-hybridized carbons (Fsp3) is 0.417. The summed E-state index contributed by atoms with van der Waals surface area (Å²) in [6.45, 7) is 3.85. The summed E-state index contributed by atoms with van der Waals surface area (Å²) in [4.78, 5) is 12.9. The van der Waals surface area contributed by atoms with Gasteiger partial charge in [-0.1, -0.05) is 6.07 Å². The lowest BCUT2D eigenvalue weighted by atomic mass is 9.93. The van der Waals surface area contributed by atoms with Gasteiger partial charge in [0.1, 0.15) is 0 Å². The summed E-state index contributed by atoms with van der Waals surface area (Å²) in [5, 5.41) is 9.04. The monoisotopic (exact) mass is 222 g/mol. The molecule has 0 atom stereocenters. The molecule has 0 aliphatic heterocycles. The number of carbonyl (C=O) groups is 1. The molecule has 0 bridgehead atoms. The Kier molecular flexibility index (Phi) is 3.42. The summed E-state index contributed by atoms with van der Waals surface area (Å²) in [7, 11) is 1.86. The highest BCUT2D eigenvalue weighted by atomic mass is 16.4. The van der Waals surface area contributed by atoms with Crippen molar-refractivity contribution in [2.24, 2.45) is 5.41 Å². The van der Waals surface area contributed by atoms with Gasteiger partial charge in [0, 0.05) is 25.0 Å². The second-order valence-corrected chi connectivity index (χ2v) is 4.64. The summed E-state index contributed by atoms with van der Waals surface area (Å²) in [5.74, 6) is -0.803. The molecule has 0 spiro atoms. The zero-order chi connectivity index (χ0) is 12.3. The van der Waals surface area contributed by atoms with Crippen LogP contribution in [0.1, 0.15) is 13.8 Å². The lowest BCUT2D eigenvalue weighted by Crippen LogP contribution is -2.37. The molecule has 4 heteroatoms. The SMILES string of the molecule is CN(CC(C)(C)C(=O)O)c1cccc(N)c1. The van der Waals surface area contributed by atoms with E-state index in [2.05, 4.69) is 0 Å². The van der Waals surface area contributed by atoms with Crippen molar-refractivity contribution in [2.75, 3.05) is 24.2 Å². The smallest absolute Gasteiger partial charge is 0.310 e. The molecular formula is C12H18N2O2. The number of hydrogen-bond donors (Lipinski definition) is 2. The summed E-state index contributed by atoms with van der Waals surface area (Å²) in [5.41, 5.74) is 6.50. The molecule has 88 valence electrons. The summed E-state index contributed by atoms with van der Waals surface area (Å²) < 4.78 is 0. The van der Waals surface area contributed by atoms with Crippen molar-refractivity contribution < 1.29 is 9.90 Å². The van der Waals surface area contributed by atoms with Gasteiger partial charge >= 0.3 is 5.97 Å². The Bertz CT molecular complexity index is 388. The first-order valence-corrected chi connectivity index (χ1v) is 5.13. The van der Waals surface area contributed by atoms with E-state index in [4.69, 9.17) is 10.8 Å². The first-order valence-electron chi connectivity index (χ1n) is 5.13. The van der Waals surface area contributed by atoms with Crippen LogP contribution in [0.2, 0.25) is 0 Å². The van der Waals surface area contributed by atoms with Crippen molar-refractivity contribution in [1.29, 1.82) is 0 Å². The van der Waals surface area contributed by atoms with Gasteiger partial charge < -0.3 is 15.7 Å². The highest BCUT2D eigenvalue weighted by Gasteiger charge is 2.28. The molecule has 4 nitrogen and oxygen atoms in total. The van der Waals surface area contributed by atoms with Crippen molar-refractivity contribution in [3.05, 3.63) is 24.3 Å². The number of nitrogen functional groups attached to an aromatic ring is 1. The van der Waals surface area contributed by atoms with E-state index in [1.165, 1.54) is 0 Å². The summed E-state index contributed by atoms with van der Waals surface area (Å²) in [6.07, 6.45) is 0. The predicted octanol–water partition coefficient (Wildman–Crippen LogP) is 1.82. The molecule has 3 N–H and O–H groups in total. The standard InChI is InChI=1S/C12H18N2O2/c1-12(2,11(15)16)8-14(3)10-6-4-5-9(13)7-10/h4-7H,8,13H2,1-3H3,(H,15,16). The quantitative estimate of drug-likeness (QED) is 0.762. The number of nitrogens with two attached hydrogens (primary N) is 1. The summed E-state index contributed by atoms with van der Waals surface area (Å²) in [6, 6.07) is 7.40. The average Bonchev–Trinajstić information content (AvgIpc) is 2.16. The minimum absolute atomic E-state index is 0.436. The van der Waals surface area contributed by atoms with Gasteiger partial charge in [-0.25, -0.2) is 0 Å². The third kappa shape index (κ3) is 2.89. The lowest BCUT2D eigenvalue weighted by molar-refractivity contribution is -0.146. The molecule has 16 heavy (non-hydrogen) atoms. The second-order valence-electron chi connectivity index (χ2n) is 4.64. The van der Waals surface area contributed by atoms with Crippen LogP contribution in [0.5, 0.6) is 0 Å². The molecule has 0 amide bonds. The Morgan fingerprint density at radius 1 is 1.50 bits per heavy atom. The predicted molar refractivity (Wildman–Crippen MR) is 65.5 cm³/mol. The zero-order valence-corrected chi connectivity index (χ0v) is 9.90. The van der Waals surface area contributed by atoms with E-state index in [1.54, 1.807) is 19.9 Å².